The summed E-state index contributed by atoms with van der Waals surface area (Å²) in [7, 11) is 0. The molecule has 0 radical (unpaired) electrons. The Hall–Kier alpha value is -2.02. The highest BCUT2D eigenvalue weighted by Crippen LogP contribution is 2.26. The third-order valence-electron chi connectivity index (χ3n) is 5.98. The Morgan fingerprint density at radius 1 is 1.10 bits per heavy atom. The second-order valence-electron chi connectivity index (χ2n) is 9.59. The molecule has 0 aliphatic carbocycles. The number of carbonyl (C=O) groups excluding carboxylic acids is 2. The van der Waals surface area contributed by atoms with Crippen LogP contribution in [0.3, 0.4) is 0 Å². The maximum atomic E-state index is 12.9. The van der Waals surface area contributed by atoms with Crippen molar-refractivity contribution in [1.29, 1.82) is 0 Å². The number of piperidine rings is 2. The summed E-state index contributed by atoms with van der Waals surface area (Å²) >= 11 is 0. The van der Waals surface area contributed by atoms with E-state index in [2.05, 4.69) is 21.7 Å². The van der Waals surface area contributed by atoms with Crippen molar-refractivity contribution in [3.05, 3.63) is 24.0 Å². The van der Waals surface area contributed by atoms with Crippen molar-refractivity contribution in [3.8, 4) is 0 Å². The average molecular weight is 419 g/mol. The van der Waals surface area contributed by atoms with Gasteiger partial charge in [0, 0.05) is 44.5 Å². The minimum atomic E-state index is -0.480. The van der Waals surface area contributed by atoms with Gasteiger partial charge in [0.05, 0.1) is 0 Å². The van der Waals surface area contributed by atoms with Gasteiger partial charge in [0.2, 0.25) is 0 Å². The van der Waals surface area contributed by atoms with Crippen molar-refractivity contribution in [2.45, 2.75) is 77.5 Å². The van der Waals surface area contributed by atoms with Gasteiger partial charge in [-0.05, 0) is 71.6 Å². The Bertz CT molecular complexity index is 708. The summed E-state index contributed by atoms with van der Waals surface area (Å²) in [5.74, 6) is 0.0171. The monoisotopic (exact) mass is 418 g/mol. The number of hydrogen-bond acceptors (Lipinski definition) is 4. The molecule has 2 amide bonds. The molecule has 3 rings (SSSR count). The van der Waals surface area contributed by atoms with E-state index in [1.165, 1.54) is 6.42 Å². The van der Waals surface area contributed by atoms with Crippen molar-refractivity contribution in [2.75, 3.05) is 32.7 Å². The quantitative estimate of drug-likeness (QED) is 0.792. The Morgan fingerprint density at radius 2 is 1.77 bits per heavy atom. The normalized spacial score (nSPS) is 19.7. The minimum absolute atomic E-state index is 0.0171. The first kappa shape index (κ1) is 22.7. The van der Waals surface area contributed by atoms with Crippen LogP contribution in [-0.2, 0) is 4.74 Å². The lowest BCUT2D eigenvalue weighted by atomic mass is 10.0. The molecule has 3 heterocycles. The molecule has 1 aromatic rings. The van der Waals surface area contributed by atoms with Crippen LogP contribution in [0.1, 0.15) is 76.3 Å². The molecule has 30 heavy (non-hydrogen) atoms. The first-order valence-corrected chi connectivity index (χ1v) is 11.4. The number of aromatic nitrogens is 1. The van der Waals surface area contributed by atoms with Crippen LogP contribution < -0.4 is 5.32 Å². The molecule has 168 valence electrons. The number of hydrogen-bond donors (Lipinski definition) is 1. The lowest BCUT2D eigenvalue weighted by Gasteiger charge is -2.35. The van der Waals surface area contributed by atoms with Crippen LogP contribution in [-0.4, -0.2) is 70.7 Å². The molecule has 0 saturated carbocycles. The van der Waals surface area contributed by atoms with Gasteiger partial charge in [0.25, 0.3) is 5.91 Å². The van der Waals surface area contributed by atoms with Gasteiger partial charge in [-0.2, -0.15) is 0 Å². The Balaban J connectivity index is 1.52. The highest BCUT2D eigenvalue weighted by molar-refractivity contribution is 5.93. The van der Waals surface area contributed by atoms with Crippen molar-refractivity contribution in [2.24, 2.45) is 0 Å². The number of amides is 2. The summed E-state index contributed by atoms with van der Waals surface area (Å²) in [6.45, 7) is 12.4. The fraction of sp³-hybridized carbons (Fsp3) is 0.739. The van der Waals surface area contributed by atoms with Gasteiger partial charge in [-0.1, -0.05) is 6.92 Å². The first-order valence-electron chi connectivity index (χ1n) is 11.4. The van der Waals surface area contributed by atoms with Gasteiger partial charge in [-0.3, -0.25) is 4.79 Å². The van der Waals surface area contributed by atoms with Gasteiger partial charge in [-0.25, -0.2) is 4.79 Å². The summed E-state index contributed by atoms with van der Waals surface area (Å²) in [4.78, 5) is 29.5. The molecule has 0 unspecified atom stereocenters. The van der Waals surface area contributed by atoms with E-state index in [-0.39, 0.29) is 24.1 Å². The molecule has 7 heteroatoms. The maximum absolute atomic E-state index is 12.9. The number of ether oxygens (including phenoxy) is 1. The lowest BCUT2D eigenvalue weighted by Crippen LogP contribution is -2.45. The maximum Gasteiger partial charge on any atom is 0.410 e. The molecule has 0 bridgehead atoms. The SMILES string of the molecule is CCCN1CCC(NC(=O)c2cccn2C2CCN(C(=O)OC(C)(C)C)CC2)CC1. The third kappa shape index (κ3) is 6.00. The van der Waals surface area contributed by atoms with Crippen LogP contribution in [0.25, 0.3) is 0 Å². The van der Waals surface area contributed by atoms with Gasteiger partial charge >= 0.3 is 6.09 Å². The average Bonchev–Trinajstić information content (AvgIpc) is 3.18. The van der Waals surface area contributed by atoms with Crippen LogP contribution in [0.5, 0.6) is 0 Å². The molecule has 1 N–H and O–H groups in total. The van der Waals surface area contributed by atoms with Gasteiger partial charge in [0.15, 0.2) is 0 Å². The number of likely N-dealkylation sites (tertiary alicyclic amines) is 2. The van der Waals surface area contributed by atoms with E-state index in [9.17, 15) is 9.59 Å². The zero-order valence-corrected chi connectivity index (χ0v) is 19.0. The van der Waals surface area contributed by atoms with Gasteiger partial charge in [0.1, 0.15) is 11.3 Å². The molecule has 2 aliphatic rings. The Morgan fingerprint density at radius 3 is 2.37 bits per heavy atom. The van der Waals surface area contributed by atoms with Crippen molar-refractivity contribution in [3.63, 3.8) is 0 Å². The second-order valence-corrected chi connectivity index (χ2v) is 9.59. The van der Waals surface area contributed by atoms with E-state index in [1.54, 1.807) is 4.90 Å². The van der Waals surface area contributed by atoms with Gasteiger partial charge in [-0.15, -0.1) is 0 Å². The smallest absolute Gasteiger partial charge is 0.410 e. The fourth-order valence-corrected chi connectivity index (χ4v) is 4.43. The number of nitrogens with zero attached hydrogens (tertiary/aromatic N) is 3. The third-order valence-corrected chi connectivity index (χ3v) is 5.98. The van der Waals surface area contributed by atoms with E-state index >= 15 is 0 Å². The van der Waals surface area contributed by atoms with Crippen LogP contribution in [0.4, 0.5) is 4.79 Å². The Labute approximate surface area is 180 Å². The van der Waals surface area contributed by atoms with E-state index in [0.717, 1.165) is 51.0 Å². The van der Waals surface area contributed by atoms with Crippen molar-refractivity contribution in [1.82, 2.24) is 19.7 Å². The largest absolute Gasteiger partial charge is 0.444 e. The Kier molecular flexibility index (Phi) is 7.45. The first-order chi connectivity index (χ1) is 14.3. The molecule has 2 aliphatic heterocycles. The summed E-state index contributed by atoms with van der Waals surface area (Å²) in [5.41, 5.74) is 0.244. The fourth-order valence-electron chi connectivity index (χ4n) is 4.43. The number of carbonyl (C=O) groups is 2. The number of nitrogens with one attached hydrogen (secondary N) is 1. The summed E-state index contributed by atoms with van der Waals surface area (Å²) in [6, 6.07) is 4.33. The van der Waals surface area contributed by atoms with Crippen LogP contribution >= 0.6 is 0 Å². The van der Waals surface area contributed by atoms with E-state index in [1.807, 2.05) is 39.1 Å². The van der Waals surface area contributed by atoms with Crippen LogP contribution in [0, 0.1) is 0 Å². The lowest BCUT2D eigenvalue weighted by molar-refractivity contribution is 0.0187. The number of rotatable bonds is 5. The van der Waals surface area contributed by atoms with E-state index < -0.39 is 5.60 Å². The zero-order chi connectivity index (χ0) is 21.7. The van der Waals surface area contributed by atoms with Crippen molar-refractivity contribution >= 4 is 12.0 Å². The minimum Gasteiger partial charge on any atom is -0.444 e. The van der Waals surface area contributed by atoms with Crippen molar-refractivity contribution < 1.29 is 14.3 Å². The predicted octanol–water partition coefficient (Wildman–Crippen LogP) is 3.66. The molecular formula is C23H38N4O3. The standard InChI is InChI=1S/C23H38N4O3/c1-5-12-25-14-8-18(9-15-25)24-21(28)20-7-6-13-27(20)19-10-16-26(17-11-19)22(29)30-23(2,3)4/h6-7,13,18-19H,5,8-12,14-17H2,1-4H3,(H,24,28). The van der Waals surface area contributed by atoms with Crippen LogP contribution in [0.15, 0.2) is 18.3 Å². The topological polar surface area (TPSA) is 66.8 Å². The highest BCUT2D eigenvalue weighted by Gasteiger charge is 2.29. The summed E-state index contributed by atoms with van der Waals surface area (Å²) in [6.07, 6.45) is 6.60. The van der Waals surface area contributed by atoms with Gasteiger partial charge < -0.3 is 24.4 Å². The molecule has 2 saturated heterocycles. The highest BCUT2D eigenvalue weighted by atomic mass is 16.6. The summed E-state index contributed by atoms with van der Waals surface area (Å²) in [5, 5.41) is 3.25. The summed E-state index contributed by atoms with van der Waals surface area (Å²) < 4.78 is 7.58. The molecule has 7 nitrogen and oxygen atoms in total. The van der Waals surface area contributed by atoms with E-state index in [4.69, 9.17) is 4.74 Å². The van der Waals surface area contributed by atoms with Crippen LogP contribution in [0.2, 0.25) is 0 Å². The van der Waals surface area contributed by atoms with E-state index in [0.29, 0.717) is 13.1 Å². The molecular weight excluding hydrogens is 380 g/mol. The molecule has 0 spiro atoms. The molecule has 0 atom stereocenters. The second kappa shape index (κ2) is 9.86. The zero-order valence-electron chi connectivity index (χ0n) is 19.0. The molecule has 0 aromatic carbocycles. The predicted molar refractivity (Wildman–Crippen MR) is 118 cm³/mol. The molecule has 1 aromatic heterocycles. The molecule has 2 fully saturated rings.